The predicted octanol–water partition coefficient (Wildman–Crippen LogP) is 1.92. The summed E-state index contributed by atoms with van der Waals surface area (Å²) in [6.45, 7) is 1.64. The van der Waals surface area contributed by atoms with Crippen LogP contribution in [0.15, 0.2) is 6.20 Å². The van der Waals surface area contributed by atoms with Crippen molar-refractivity contribution in [1.29, 1.82) is 0 Å². The van der Waals surface area contributed by atoms with E-state index < -0.39 is 6.43 Å². The van der Waals surface area contributed by atoms with Crippen molar-refractivity contribution in [1.82, 2.24) is 4.98 Å². The van der Waals surface area contributed by atoms with E-state index in [2.05, 4.69) is 4.98 Å². The van der Waals surface area contributed by atoms with Gasteiger partial charge in [-0.2, -0.15) is 0 Å². The van der Waals surface area contributed by atoms with Crippen LogP contribution in [-0.2, 0) is 0 Å². The van der Waals surface area contributed by atoms with Crippen LogP contribution < -0.4 is 10.5 Å². The highest BCUT2D eigenvalue weighted by atomic mass is 19.3. The molecule has 0 bridgehead atoms. The summed E-state index contributed by atoms with van der Waals surface area (Å²) in [5, 5.41) is 0. The van der Waals surface area contributed by atoms with Crippen molar-refractivity contribution in [3.63, 3.8) is 0 Å². The molecular formula is C8H10F2N2O. The van der Waals surface area contributed by atoms with E-state index >= 15 is 0 Å². The van der Waals surface area contributed by atoms with Crippen LogP contribution in [0.4, 0.5) is 14.6 Å². The Morgan fingerprint density at radius 1 is 1.54 bits per heavy atom. The third-order valence-electron chi connectivity index (χ3n) is 1.70. The minimum Gasteiger partial charge on any atom is -0.496 e. The number of aryl methyl sites for hydroxylation is 1. The molecule has 0 amide bonds. The summed E-state index contributed by atoms with van der Waals surface area (Å²) >= 11 is 0. The minimum atomic E-state index is -2.66. The molecule has 1 rings (SSSR count). The lowest BCUT2D eigenvalue weighted by molar-refractivity contribution is 0.147. The molecule has 0 saturated heterocycles. The van der Waals surface area contributed by atoms with E-state index in [0.29, 0.717) is 5.56 Å². The number of methoxy groups -OCH3 is 1. The number of ether oxygens (including phenoxy) is 1. The van der Waals surface area contributed by atoms with Crippen LogP contribution in [-0.4, -0.2) is 12.1 Å². The number of nitrogens with zero attached hydrogens (tertiary/aromatic N) is 1. The molecule has 0 spiro atoms. The number of pyridine rings is 1. The summed E-state index contributed by atoms with van der Waals surface area (Å²) < 4.78 is 29.7. The van der Waals surface area contributed by atoms with Crippen LogP contribution in [0.5, 0.6) is 5.75 Å². The van der Waals surface area contributed by atoms with Gasteiger partial charge in [-0.05, 0) is 6.92 Å². The van der Waals surface area contributed by atoms with Gasteiger partial charge in [0.15, 0.2) is 0 Å². The molecule has 1 aromatic rings. The Kier molecular flexibility index (Phi) is 2.65. The average Bonchev–Trinajstić information content (AvgIpc) is 2.07. The molecule has 13 heavy (non-hydrogen) atoms. The van der Waals surface area contributed by atoms with E-state index in [1.54, 1.807) is 6.92 Å². The lowest BCUT2D eigenvalue weighted by atomic mass is 10.2. The molecule has 0 unspecified atom stereocenters. The van der Waals surface area contributed by atoms with Gasteiger partial charge < -0.3 is 10.5 Å². The summed E-state index contributed by atoms with van der Waals surface area (Å²) in [4.78, 5) is 3.63. The Labute approximate surface area is 74.5 Å². The fraction of sp³-hybridized carbons (Fsp3) is 0.375. The van der Waals surface area contributed by atoms with Crippen molar-refractivity contribution in [2.45, 2.75) is 13.3 Å². The number of anilines is 1. The van der Waals surface area contributed by atoms with Gasteiger partial charge in [-0.3, -0.25) is 0 Å². The Morgan fingerprint density at radius 2 is 2.15 bits per heavy atom. The first-order valence-corrected chi connectivity index (χ1v) is 3.65. The molecular weight excluding hydrogens is 178 g/mol. The lowest BCUT2D eigenvalue weighted by Gasteiger charge is -2.11. The van der Waals surface area contributed by atoms with Gasteiger partial charge in [-0.1, -0.05) is 0 Å². The molecule has 2 N–H and O–H groups in total. The standard InChI is InChI=1S/C8H10F2N2O/c1-4-3-12-8(11)5(7(9)10)6(4)13-2/h3,7H,1-2H3,(H2,11,12). The molecule has 0 saturated carbocycles. The monoisotopic (exact) mass is 188 g/mol. The quantitative estimate of drug-likeness (QED) is 0.771. The second kappa shape index (κ2) is 3.55. The maximum Gasteiger partial charge on any atom is 0.270 e. The summed E-state index contributed by atoms with van der Waals surface area (Å²) in [5.74, 6) is -0.0695. The van der Waals surface area contributed by atoms with Crippen LogP contribution in [0, 0.1) is 6.92 Å². The van der Waals surface area contributed by atoms with E-state index in [-0.39, 0.29) is 17.1 Å². The van der Waals surface area contributed by atoms with Gasteiger partial charge in [0.25, 0.3) is 6.43 Å². The van der Waals surface area contributed by atoms with Gasteiger partial charge in [0, 0.05) is 11.8 Å². The first-order chi connectivity index (χ1) is 6.07. The highest BCUT2D eigenvalue weighted by Crippen LogP contribution is 2.34. The number of aromatic nitrogens is 1. The Balaban J connectivity index is 3.35. The molecule has 72 valence electrons. The van der Waals surface area contributed by atoms with Crippen LogP contribution in [0.3, 0.4) is 0 Å². The Bertz CT molecular complexity index is 315. The second-order valence-corrected chi connectivity index (χ2v) is 2.57. The van der Waals surface area contributed by atoms with Crippen LogP contribution in [0.1, 0.15) is 17.6 Å². The Morgan fingerprint density at radius 3 is 2.54 bits per heavy atom. The van der Waals surface area contributed by atoms with Crippen molar-refractivity contribution in [3.05, 3.63) is 17.3 Å². The first kappa shape index (κ1) is 9.70. The molecule has 0 aliphatic carbocycles. The van der Waals surface area contributed by atoms with E-state index in [4.69, 9.17) is 10.5 Å². The van der Waals surface area contributed by atoms with Crippen molar-refractivity contribution in [3.8, 4) is 5.75 Å². The van der Waals surface area contributed by atoms with Crippen LogP contribution >= 0.6 is 0 Å². The SMILES string of the molecule is COc1c(C)cnc(N)c1C(F)F. The predicted molar refractivity (Wildman–Crippen MR) is 44.9 cm³/mol. The molecule has 0 aliphatic rings. The molecule has 1 aromatic heterocycles. The molecule has 0 aliphatic heterocycles. The van der Waals surface area contributed by atoms with E-state index in [0.717, 1.165) is 0 Å². The Hall–Kier alpha value is -1.39. The highest BCUT2D eigenvalue weighted by molar-refractivity contribution is 5.52. The lowest BCUT2D eigenvalue weighted by Crippen LogP contribution is -2.03. The maximum atomic E-state index is 12.5. The minimum absolute atomic E-state index is 0.113. The summed E-state index contributed by atoms with van der Waals surface area (Å²) in [5.41, 5.74) is 5.51. The van der Waals surface area contributed by atoms with Crippen molar-refractivity contribution in [2.75, 3.05) is 12.8 Å². The number of nitrogens with two attached hydrogens (primary N) is 1. The normalized spacial score (nSPS) is 10.5. The van der Waals surface area contributed by atoms with E-state index in [1.165, 1.54) is 13.3 Å². The van der Waals surface area contributed by atoms with Gasteiger partial charge in [-0.25, -0.2) is 13.8 Å². The third-order valence-corrected chi connectivity index (χ3v) is 1.70. The zero-order chi connectivity index (χ0) is 10.0. The van der Waals surface area contributed by atoms with Gasteiger partial charge in [-0.15, -0.1) is 0 Å². The number of hydrogen-bond acceptors (Lipinski definition) is 3. The molecule has 1 heterocycles. The van der Waals surface area contributed by atoms with Crippen molar-refractivity contribution in [2.24, 2.45) is 0 Å². The van der Waals surface area contributed by atoms with Gasteiger partial charge in [0.05, 0.1) is 7.11 Å². The fourth-order valence-electron chi connectivity index (χ4n) is 1.11. The topological polar surface area (TPSA) is 48.1 Å². The molecule has 0 fully saturated rings. The number of hydrogen-bond donors (Lipinski definition) is 1. The maximum absolute atomic E-state index is 12.5. The van der Waals surface area contributed by atoms with Gasteiger partial charge in [0.2, 0.25) is 0 Å². The number of rotatable bonds is 2. The summed E-state index contributed by atoms with van der Waals surface area (Å²) in [7, 11) is 1.33. The van der Waals surface area contributed by atoms with E-state index in [1.807, 2.05) is 0 Å². The highest BCUT2D eigenvalue weighted by Gasteiger charge is 2.20. The molecule has 3 nitrogen and oxygen atoms in total. The molecule has 0 atom stereocenters. The first-order valence-electron chi connectivity index (χ1n) is 3.65. The fourth-order valence-corrected chi connectivity index (χ4v) is 1.11. The van der Waals surface area contributed by atoms with Gasteiger partial charge >= 0.3 is 0 Å². The third kappa shape index (κ3) is 1.68. The number of nitrogen functional groups attached to an aromatic ring is 1. The second-order valence-electron chi connectivity index (χ2n) is 2.57. The largest absolute Gasteiger partial charge is 0.496 e. The number of halogens is 2. The zero-order valence-corrected chi connectivity index (χ0v) is 7.34. The number of alkyl halides is 2. The molecule has 0 radical (unpaired) electrons. The zero-order valence-electron chi connectivity index (χ0n) is 7.34. The van der Waals surface area contributed by atoms with E-state index in [9.17, 15) is 8.78 Å². The van der Waals surface area contributed by atoms with Crippen LogP contribution in [0.25, 0.3) is 0 Å². The van der Waals surface area contributed by atoms with Crippen molar-refractivity contribution >= 4 is 5.82 Å². The summed E-state index contributed by atoms with van der Waals surface area (Å²) in [6, 6.07) is 0. The summed E-state index contributed by atoms with van der Waals surface area (Å²) in [6.07, 6.45) is -1.26. The smallest absolute Gasteiger partial charge is 0.270 e. The van der Waals surface area contributed by atoms with Crippen molar-refractivity contribution < 1.29 is 13.5 Å². The van der Waals surface area contributed by atoms with Gasteiger partial charge in [0.1, 0.15) is 17.1 Å². The molecule has 0 aromatic carbocycles. The van der Waals surface area contributed by atoms with Crippen LogP contribution in [0.2, 0.25) is 0 Å². The average molecular weight is 188 g/mol. The molecule has 5 heteroatoms.